The molecule has 13 heavy (non-hydrogen) atoms. The van der Waals surface area contributed by atoms with Crippen LogP contribution in [0.2, 0.25) is 0 Å². The van der Waals surface area contributed by atoms with Gasteiger partial charge in [-0.3, -0.25) is 4.99 Å². The molecule has 0 aliphatic carbocycles. The molecule has 68 valence electrons. The van der Waals surface area contributed by atoms with Gasteiger partial charge in [0.25, 0.3) is 0 Å². The van der Waals surface area contributed by atoms with Gasteiger partial charge in [-0.25, -0.2) is 4.99 Å². The molecule has 1 aromatic rings. The molecule has 1 aromatic carbocycles. The van der Waals surface area contributed by atoms with Crippen LogP contribution in [0.15, 0.2) is 34.3 Å². The van der Waals surface area contributed by atoms with E-state index in [1.807, 2.05) is 0 Å². The average molecular weight is 175 g/mol. The second kappa shape index (κ2) is 5.09. The van der Waals surface area contributed by atoms with E-state index in [9.17, 15) is 0 Å². The summed E-state index contributed by atoms with van der Waals surface area (Å²) in [5.41, 5.74) is 7.48. The number of nitrogens with zero attached hydrogens (tertiary/aromatic N) is 2. The van der Waals surface area contributed by atoms with E-state index in [2.05, 4.69) is 41.2 Å². The zero-order chi connectivity index (χ0) is 9.52. The highest BCUT2D eigenvalue weighted by Crippen LogP contribution is 2.03. The summed E-state index contributed by atoms with van der Waals surface area (Å²) in [7, 11) is 0. The highest BCUT2D eigenvalue weighted by molar-refractivity contribution is 5.69. The van der Waals surface area contributed by atoms with E-state index < -0.39 is 0 Å². The third-order valence-electron chi connectivity index (χ3n) is 1.63. The lowest BCUT2D eigenvalue weighted by Gasteiger charge is -1.95. The minimum Gasteiger partial charge on any atom is -0.390 e. The summed E-state index contributed by atoms with van der Waals surface area (Å²) >= 11 is 0. The molecule has 0 aliphatic heterocycles. The van der Waals surface area contributed by atoms with Crippen LogP contribution in [0.1, 0.15) is 11.1 Å². The molecule has 0 saturated carbocycles. The molecule has 0 radical (unpaired) electrons. The second-order valence-electron chi connectivity index (χ2n) is 2.74. The summed E-state index contributed by atoms with van der Waals surface area (Å²) in [4.78, 5) is 7.72. The monoisotopic (exact) mass is 175 g/mol. The van der Waals surface area contributed by atoms with Crippen LogP contribution in [-0.4, -0.2) is 12.7 Å². The number of rotatable bonds is 3. The van der Waals surface area contributed by atoms with Gasteiger partial charge in [0, 0.05) is 0 Å². The molecule has 0 atom stereocenters. The van der Waals surface area contributed by atoms with Gasteiger partial charge in [0.05, 0.1) is 12.9 Å². The molecule has 0 amide bonds. The number of nitrogens with two attached hydrogens (primary N) is 1. The smallest absolute Gasteiger partial charge is 0.112 e. The van der Waals surface area contributed by atoms with Crippen molar-refractivity contribution in [3.63, 3.8) is 0 Å². The van der Waals surface area contributed by atoms with E-state index in [0.29, 0.717) is 6.54 Å². The summed E-state index contributed by atoms with van der Waals surface area (Å²) in [5, 5.41) is 0. The molecule has 2 N–H and O–H groups in total. The minimum absolute atomic E-state index is 0.650. The Kier molecular flexibility index (Phi) is 3.70. The second-order valence-corrected chi connectivity index (χ2v) is 2.74. The Morgan fingerprint density at radius 2 is 2.00 bits per heavy atom. The first-order valence-corrected chi connectivity index (χ1v) is 4.10. The van der Waals surface area contributed by atoms with Crippen molar-refractivity contribution in [1.29, 1.82) is 0 Å². The van der Waals surface area contributed by atoms with Crippen LogP contribution in [0, 0.1) is 6.92 Å². The van der Waals surface area contributed by atoms with E-state index in [-0.39, 0.29) is 0 Å². The SMILES string of the molecule is Cc1ccc(CN=CN=CN)cc1. The van der Waals surface area contributed by atoms with Crippen LogP contribution in [-0.2, 0) is 6.54 Å². The largest absolute Gasteiger partial charge is 0.390 e. The Balaban J connectivity index is 2.50. The summed E-state index contributed by atoms with van der Waals surface area (Å²) < 4.78 is 0. The Morgan fingerprint density at radius 3 is 2.62 bits per heavy atom. The Morgan fingerprint density at radius 1 is 1.31 bits per heavy atom. The van der Waals surface area contributed by atoms with Crippen molar-refractivity contribution in [2.45, 2.75) is 13.5 Å². The standard InChI is InChI=1S/C10H13N3/c1-9-2-4-10(5-3-9)6-12-8-13-7-11/h2-5,7-8H,6H2,1H3,(H2,11,12,13). The van der Waals surface area contributed by atoms with Crippen molar-refractivity contribution in [1.82, 2.24) is 0 Å². The van der Waals surface area contributed by atoms with Gasteiger partial charge < -0.3 is 5.73 Å². The summed E-state index contributed by atoms with van der Waals surface area (Å²) in [6.45, 7) is 2.71. The molecule has 0 aromatic heterocycles. The fourth-order valence-corrected chi connectivity index (χ4v) is 0.925. The van der Waals surface area contributed by atoms with Crippen molar-refractivity contribution in [2.24, 2.45) is 15.7 Å². The lowest BCUT2D eigenvalue weighted by Crippen LogP contribution is -1.88. The van der Waals surface area contributed by atoms with E-state index >= 15 is 0 Å². The fourth-order valence-electron chi connectivity index (χ4n) is 0.925. The Labute approximate surface area is 78.0 Å². The number of benzene rings is 1. The van der Waals surface area contributed by atoms with Crippen LogP contribution >= 0.6 is 0 Å². The lowest BCUT2D eigenvalue weighted by atomic mass is 10.1. The van der Waals surface area contributed by atoms with Gasteiger partial charge in [0.15, 0.2) is 0 Å². The third-order valence-corrected chi connectivity index (χ3v) is 1.63. The molecule has 0 saturated heterocycles. The third kappa shape index (κ3) is 3.51. The molecule has 0 spiro atoms. The van der Waals surface area contributed by atoms with Gasteiger partial charge in [-0.1, -0.05) is 29.8 Å². The topological polar surface area (TPSA) is 50.7 Å². The predicted molar refractivity (Wildman–Crippen MR) is 56.1 cm³/mol. The summed E-state index contributed by atoms with van der Waals surface area (Å²) in [5.74, 6) is 0. The highest BCUT2D eigenvalue weighted by Gasteiger charge is 1.88. The lowest BCUT2D eigenvalue weighted by molar-refractivity contribution is 1.07. The zero-order valence-electron chi connectivity index (χ0n) is 7.64. The first-order chi connectivity index (χ1) is 6.33. The van der Waals surface area contributed by atoms with Gasteiger partial charge in [-0.2, -0.15) is 0 Å². The Bertz CT molecular complexity index is 298. The van der Waals surface area contributed by atoms with Crippen LogP contribution in [0.5, 0.6) is 0 Å². The average Bonchev–Trinajstić information content (AvgIpc) is 2.15. The van der Waals surface area contributed by atoms with E-state index in [1.165, 1.54) is 23.8 Å². The number of aliphatic imine (C=N–C) groups is 2. The van der Waals surface area contributed by atoms with Gasteiger partial charge in [0.2, 0.25) is 0 Å². The van der Waals surface area contributed by atoms with E-state index in [1.54, 1.807) is 0 Å². The number of aryl methyl sites for hydroxylation is 1. The maximum atomic E-state index is 5.04. The molecule has 1 rings (SSSR count). The van der Waals surface area contributed by atoms with Crippen LogP contribution in [0.3, 0.4) is 0 Å². The molecule has 0 bridgehead atoms. The van der Waals surface area contributed by atoms with Gasteiger partial charge >= 0.3 is 0 Å². The quantitative estimate of drug-likeness (QED) is 0.549. The minimum atomic E-state index is 0.650. The van der Waals surface area contributed by atoms with Crippen LogP contribution in [0.4, 0.5) is 0 Å². The van der Waals surface area contributed by atoms with Crippen molar-refractivity contribution >= 4 is 12.7 Å². The molecule has 0 heterocycles. The summed E-state index contributed by atoms with van der Waals surface area (Å²) in [6.07, 6.45) is 2.68. The number of hydrogen-bond acceptors (Lipinski definition) is 1. The molecule has 0 fully saturated rings. The molecule has 0 unspecified atom stereocenters. The predicted octanol–water partition coefficient (Wildman–Crippen LogP) is 1.51. The normalized spacial score (nSPS) is 11.5. The molecular formula is C10H13N3. The van der Waals surface area contributed by atoms with Gasteiger partial charge in [-0.15, -0.1) is 0 Å². The van der Waals surface area contributed by atoms with Crippen molar-refractivity contribution < 1.29 is 0 Å². The van der Waals surface area contributed by atoms with Crippen molar-refractivity contribution in [2.75, 3.05) is 0 Å². The van der Waals surface area contributed by atoms with Crippen molar-refractivity contribution in [3.05, 3.63) is 35.4 Å². The molecule has 3 heteroatoms. The molecule has 0 aliphatic rings. The van der Waals surface area contributed by atoms with Crippen molar-refractivity contribution in [3.8, 4) is 0 Å². The zero-order valence-corrected chi connectivity index (χ0v) is 7.64. The molecular weight excluding hydrogens is 162 g/mol. The fraction of sp³-hybridized carbons (Fsp3) is 0.200. The first-order valence-electron chi connectivity index (χ1n) is 4.10. The molecule has 3 nitrogen and oxygen atoms in total. The maximum absolute atomic E-state index is 5.04. The van der Waals surface area contributed by atoms with Crippen LogP contribution < -0.4 is 5.73 Å². The first kappa shape index (κ1) is 9.45. The summed E-state index contributed by atoms with van der Waals surface area (Å²) in [6, 6.07) is 8.24. The van der Waals surface area contributed by atoms with E-state index in [0.717, 1.165) is 0 Å². The number of hydrogen-bond donors (Lipinski definition) is 1. The van der Waals surface area contributed by atoms with E-state index in [4.69, 9.17) is 5.73 Å². The maximum Gasteiger partial charge on any atom is 0.112 e. The van der Waals surface area contributed by atoms with Crippen LogP contribution in [0.25, 0.3) is 0 Å². The van der Waals surface area contributed by atoms with Gasteiger partial charge in [-0.05, 0) is 12.5 Å². The highest BCUT2D eigenvalue weighted by atomic mass is 14.9. The Hall–Kier alpha value is -1.64. The van der Waals surface area contributed by atoms with Gasteiger partial charge in [0.1, 0.15) is 6.34 Å².